The van der Waals surface area contributed by atoms with Crippen LogP contribution in [0.25, 0.3) is 0 Å². The maximum absolute atomic E-state index is 11.1. The molecule has 1 saturated heterocycles. The maximum Gasteiger partial charge on any atom is 0.292 e. The number of nitrogens with zero attached hydrogens (tertiary/aromatic N) is 2. The maximum atomic E-state index is 11.1. The number of aryl methyl sites for hydroxylation is 1. The molecule has 98 valence electrons. The quantitative estimate of drug-likeness (QED) is 0.658. The van der Waals surface area contributed by atoms with Gasteiger partial charge in [0.05, 0.1) is 4.92 Å². The van der Waals surface area contributed by atoms with Crippen LogP contribution >= 0.6 is 0 Å². The van der Waals surface area contributed by atoms with E-state index < -0.39 is 0 Å². The summed E-state index contributed by atoms with van der Waals surface area (Å²) < 4.78 is 0. The van der Waals surface area contributed by atoms with Crippen molar-refractivity contribution in [1.82, 2.24) is 5.32 Å². The van der Waals surface area contributed by atoms with Gasteiger partial charge in [-0.2, -0.15) is 0 Å². The summed E-state index contributed by atoms with van der Waals surface area (Å²) in [6, 6.07) is 5.61. The number of piperidine rings is 1. The van der Waals surface area contributed by atoms with Crippen LogP contribution in [0.4, 0.5) is 11.4 Å². The predicted molar refractivity (Wildman–Crippen MR) is 72.1 cm³/mol. The lowest BCUT2D eigenvalue weighted by Crippen LogP contribution is -2.44. The van der Waals surface area contributed by atoms with Crippen LogP contribution in [0.15, 0.2) is 18.2 Å². The van der Waals surface area contributed by atoms with Gasteiger partial charge in [-0.3, -0.25) is 10.1 Å². The van der Waals surface area contributed by atoms with Crippen molar-refractivity contribution in [2.24, 2.45) is 0 Å². The Balaban J connectivity index is 2.30. The van der Waals surface area contributed by atoms with Gasteiger partial charge in [-0.05, 0) is 37.9 Å². The summed E-state index contributed by atoms with van der Waals surface area (Å²) in [5.74, 6) is 0. The van der Waals surface area contributed by atoms with Gasteiger partial charge >= 0.3 is 0 Å². The van der Waals surface area contributed by atoms with E-state index in [-0.39, 0.29) is 10.6 Å². The minimum absolute atomic E-state index is 0.189. The third kappa shape index (κ3) is 2.61. The molecule has 0 spiro atoms. The number of nitro groups is 1. The van der Waals surface area contributed by atoms with Crippen molar-refractivity contribution in [3.05, 3.63) is 33.9 Å². The summed E-state index contributed by atoms with van der Waals surface area (Å²) in [7, 11) is 1.94. The zero-order valence-electron chi connectivity index (χ0n) is 10.8. The first-order chi connectivity index (χ1) is 8.59. The Morgan fingerprint density at radius 2 is 2.28 bits per heavy atom. The SMILES string of the molecule is Cc1ccc([N+](=O)[O-])c(N(C)C2CCCNC2)c1. The topological polar surface area (TPSA) is 58.4 Å². The number of nitro benzene ring substituents is 1. The van der Waals surface area contributed by atoms with Crippen molar-refractivity contribution in [3.63, 3.8) is 0 Å². The third-order valence-electron chi connectivity index (χ3n) is 3.53. The lowest BCUT2D eigenvalue weighted by atomic mass is 10.0. The van der Waals surface area contributed by atoms with E-state index in [0.717, 1.165) is 31.5 Å². The Labute approximate surface area is 107 Å². The van der Waals surface area contributed by atoms with Gasteiger partial charge in [0.2, 0.25) is 0 Å². The summed E-state index contributed by atoms with van der Waals surface area (Å²) in [6.45, 7) is 3.89. The van der Waals surface area contributed by atoms with Crippen molar-refractivity contribution >= 4 is 11.4 Å². The minimum Gasteiger partial charge on any atom is -0.365 e. The molecule has 1 aromatic rings. The van der Waals surface area contributed by atoms with Crippen LogP contribution in [0.2, 0.25) is 0 Å². The second-order valence-corrected chi connectivity index (χ2v) is 4.86. The monoisotopic (exact) mass is 249 g/mol. The second-order valence-electron chi connectivity index (χ2n) is 4.86. The van der Waals surface area contributed by atoms with E-state index in [2.05, 4.69) is 5.32 Å². The van der Waals surface area contributed by atoms with E-state index in [1.54, 1.807) is 12.1 Å². The molecule has 1 fully saturated rings. The molecule has 0 bridgehead atoms. The summed E-state index contributed by atoms with van der Waals surface area (Å²) in [4.78, 5) is 12.8. The van der Waals surface area contributed by atoms with E-state index >= 15 is 0 Å². The summed E-state index contributed by atoms with van der Waals surface area (Å²) >= 11 is 0. The van der Waals surface area contributed by atoms with Crippen LogP contribution in [-0.2, 0) is 0 Å². The van der Waals surface area contributed by atoms with E-state index in [1.807, 2.05) is 24.9 Å². The molecule has 5 heteroatoms. The van der Waals surface area contributed by atoms with Gasteiger partial charge in [0, 0.05) is 25.7 Å². The Bertz CT molecular complexity index is 442. The fourth-order valence-electron chi connectivity index (χ4n) is 2.43. The van der Waals surface area contributed by atoms with Crippen molar-refractivity contribution in [1.29, 1.82) is 0 Å². The molecule has 0 radical (unpaired) electrons. The standard InChI is InChI=1S/C13H19N3O2/c1-10-5-6-12(16(17)18)13(8-10)15(2)11-4-3-7-14-9-11/h5-6,8,11,14H,3-4,7,9H2,1-2H3. The van der Waals surface area contributed by atoms with Crippen molar-refractivity contribution < 1.29 is 4.92 Å². The van der Waals surface area contributed by atoms with Gasteiger partial charge in [-0.15, -0.1) is 0 Å². The first-order valence-electron chi connectivity index (χ1n) is 6.28. The number of hydrogen-bond acceptors (Lipinski definition) is 4. The summed E-state index contributed by atoms with van der Waals surface area (Å²) in [5.41, 5.74) is 1.95. The van der Waals surface area contributed by atoms with Crippen LogP contribution in [0.1, 0.15) is 18.4 Å². The molecule has 1 N–H and O–H groups in total. The zero-order chi connectivity index (χ0) is 13.1. The van der Waals surface area contributed by atoms with Gasteiger partial charge in [0.15, 0.2) is 0 Å². The highest BCUT2D eigenvalue weighted by Crippen LogP contribution is 2.30. The van der Waals surface area contributed by atoms with Gasteiger partial charge < -0.3 is 10.2 Å². The molecule has 1 atom stereocenters. The Hall–Kier alpha value is -1.62. The molecule has 0 amide bonds. The Morgan fingerprint density at radius 1 is 1.50 bits per heavy atom. The zero-order valence-corrected chi connectivity index (χ0v) is 10.8. The molecule has 0 aromatic heterocycles. The van der Waals surface area contributed by atoms with Gasteiger partial charge in [0.1, 0.15) is 5.69 Å². The molecule has 18 heavy (non-hydrogen) atoms. The van der Waals surface area contributed by atoms with Crippen molar-refractivity contribution in [3.8, 4) is 0 Å². The normalized spacial score (nSPS) is 19.6. The van der Waals surface area contributed by atoms with Crippen LogP contribution < -0.4 is 10.2 Å². The molecular weight excluding hydrogens is 230 g/mol. The lowest BCUT2D eigenvalue weighted by molar-refractivity contribution is -0.384. The van der Waals surface area contributed by atoms with Gasteiger partial charge in [-0.25, -0.2) is 0 Å². The van der Waals surface area contributed by atoms with Crippen LogP contribution in [-0.4, -0.2) is 31.1 Å². The molecule has 0 saturated carbocycles. The molecule has 1 aliphatic heterocycles. The number of anilines is 1. The molecule has 1 unspecified atom stereocenters. The molecule has 1 aliphatic rings. The number of benzene rings is 1. The molecule has 5 nitrogen and oxygen atoms in total. The average Bonchev–Trinajstić information content (AvgIpc) is 2.38. The average molecular weight is 249 g/mol. The predicted octanol–water partition coefficient (Wildman–Crippen LogP) is 2.09. The fraction of sp³-hybridized carbons (Fsp3) is 0.538. The highest BCUT2D eigenvalue weighted by molar-refractivity contribution is 5.64. The van der Waals surface area contributed by atoms with Crippen molar-refractivity contribution in [2.75, 3.05) is 25.0 Å². The third-order valence-corrected chi connectivity index (χ3v) is 3.53. The number of likely N-dealkylation sites (N-methyl/N-ethyl adjacent to an activating group) is 1. The van der Waals surface area contributed by atoms with E-state index in [1.165, 1.54) is 0 Å². The molecule has 0 aliphatic carbocycles. The van der Waals surface area contributed by atoms with Crippen LogP contribution in [0.3, 0.4) is 0 Å². The largest absolute Gasteiger partial charge is 0.365 e. The molecule has 1 heterocycles. The molecule has 2 rings (SSSR count). The Morgan fingerprint density at radius 3 is 2.89 bits per heavy atom. The number of hydrogen-bond donors (Lipinski definition) is 1. The van der Waals surface area contributed by atoms with E-state index in [0.29, 0.717) is 11.7 Å². The minimum atomic E-state index is -0.304. The fourth-order valence-corrected chi connectivity index (χ4v) is 2.43. The number of nitrogens with one attached hydrogen (secondary N) is 1. The first-order valence-corrected chi connectivity index (χ1v) is 6.28. The summed E-state index contributed by atoms with van der Waals surface area (Å²) in [6.07, 6.45) is 2.20. The smallest absolute Gasteiger partial charge is 0.292 e. The second kappa shape index (κ2) is 5.35. The van der Waals surface area contributed by atoms with E-state index in [9.17, 15) is 10.1 Å². The molecular formula is C13H19N3O2. The van der Waals surface area contributed by atoms with Crippen molar-refractivity contribution in [2.45, 2.75) is 25.8 Å². The summed E-state index contributed by atoms with van der Waals surface area (Å²) in [5, 5.41) is 14.4. The number of rotatable bonds is 3. The van der Waals surface area contributed by atoms with Gasteiger partial charge in [0.25, 0.3) is 5.69 Å². The lowest BCUT2D eigenvalue weighted by Gasteiger charge is -2.33. The van der Waals surface area contributed by atoms with E-state index in [4.69, 9.17) is 0 Å². The highest BCUT2D eigenvalue weighted by Gasteiger charge is 2.24. The van der Waals surface area contributed by atoms with Crippen LogP contribution in [0.5, 0.6) is 0 Å². The van der Waals surface area contributed by atoms with Crippen LogP contribution in [0, 0.1) is 17.0 Å². The molecule has 1 aromatic carbocycles. The Kier molecular flexibility index (Phi) is 3.81. The first kappa shape index (κ1) is 12.8. The van der Waals surface area contributed by atoms with Gasteiger partial charge in [-0.1, -0.05) is 6.07 Å². The highest BCUT2D eigenvalue weighted by atomic mass is 16.6.